The number of halogens is 1. The van der Waals surface area contributed by atoms with Gasteiger partial charge in [-0.25, -0.2) is 4.39 Å². The van der Waals surface area contributed by atoms with Crippen LogP contribution in [-0.4, -0.2) is 0 Å². The molecule has 1 nitrogen and oxygen atoms in total. The maximum atomic E-state index is 13.3. The Morgan fingerprint density at radius 1 is 0.952 bits per heavy atom. The quantitative estimate of drug-likeness (QED) is 0.707. The van der Waals surface area contributed by atoms with Crippen molar-refractivity contribution in [2.24, 2.45) is 5.73 Å². The maximum absolute atomic E-state index is 13.3. The van der Waals surface area contributed by atoms with Crippen LogP contribution in [0.5, 0.6) is 0 Å². The molecule has 0 aliphatic heterocycles. The summed E-state index contributed by atoms with van der Waals surface area (Å²) in [7, 11) is 0. The van der Waals surface area contributed by atoms with Crippen molar-refractivity contribution < 1.29 is 4.39 Å². The van der Waals surface area contributed by atoms with Crippen molar-refractivity contribution in [2.45, 2.75) is 26.8 Å². The second-order valence-corrected chi connectivity index (χ2v) is 6.72. The van der Waals surface area contributed by atoms with Crippen molar-refractivity contribution in [3.05, 3.63) is 69.3 Å². The first-order chi connectivity index (χ1) is 9.95. The molecule has 3 aromatic rings. The highest BCUT2D eigenvalue weighted by atomic mass is 32.1. The Morgan fingerprint density at radius 2 is 1.67 bits per heavy atom. The standard InChI is InChI=1S/C18H18FNS/c1-10-6-12(3)15(7-11(10)2)18(20)17-9-13-8-14(19)4-5-16(13)21-17/h4-9,18H,20H2,1-3H3. The lowest BCUT2D eigenvalue weighted by molar-refractivity contribution is 0.630. The summed E-state index contributed by atoms with van der Waals surface area (Å²) in [6, 6.07) is 11.1. The zero-order valence-electron chi connectivity index (χ0n) is 12.4. The summed E-state index contributed by atoms with van der Waals surface area (Å²) in [5, 5.41) is 0.923. The molecule has 0 amide bonds. The van der Waals surface area contributed by atoms with Crippen molar-refractivity contribution in [1.82, 2.24) is 0 Å². The molecule has 1 unspecified atom stereocenters. The van der Waals surface area contributed by atoms with E-state index in [9.17, 15) is 4.39 Å². The normalized spacial score (nSPS) is 12.8. The zero-order valence-corrected chi connectivity index (χ0v) is 13.2. The van der Waals surface area contributed by atoms with E-state index in [2.05, 4.69) is 32.9 Å². The molecule has 21 heavy (non-hydrogen) atoms. The van der Waals surface area contributed by atoms with Crippen molar-refractivity contribution in [3.8, 4) is 0 Å². The van der Waals surface area contributed by atoms with Crippen LogP contribution < -0.4 is 5.73 Å². The number of hydrogen-bond donors (Lipinski definition) is 1. The lowest BCUT2D eigenvalue weighted by Crippen LogP contribution is -2.12. The molecule has 0 radical (unpaired) electrons. The van der Waals surface area contributed by atoms with E-state index in [4.69, 9.17) is 5.73 Å². The van der Waals surface area contributed by atoms with Gasteiger partial charge in [-0.3, -0.25) is 0 Å². The lowest BCUT2D eigenvalue weighted by atomic mass is 9.95. The molecule has 0 bridgehead atoms. The van der Waals surface area contributed by atoms with E-state index in [1.165, 1.54) is 22.8 Å². The van der Waals surface area contributed by atoms with Gasteiger partial charge in [0.2, 0.25) is 0 Å². The molecule has 1 atom stereocenters. The van der Waals surface area contributed by atoms with E-state index in [1.807, 2.05) is 12.1 Å². The first-order valence-corrected chi connectivity index (χ1v) is 7.79. The third-order valence-corrected chi connectivity index (χ3v) is 5.22. The highest BCUT2D eigenvalue weighted by Crippen LogP contribution is 2.34. The number of aryl methyl sites for hydroxylation is 3. The number of benzene rings is 2. The van der Waals surface area contributed by atoms with Crippen LogP contribution >= 0.6 is 11.3 Å². The van der Waals surface area contributed by atoms with E-state index in [0.29, 0.717) is 0 Å². The molecule has 2 N–H and O–H groups in total. The van der Waals surface area contributed by atoms with Gasteiger partial charge in [0, 0.05) is 9.58 Å². The van der Waals surface area contributed by atoms with Gasteiger partial charge in [0.1, 0.15) is 5.82 Å². The number of rotatable bonds is 2. The van der Waals surface area contributed by atoms with E-state index < -0.39 is 0 Å². The van der Waals surface area contributed by atoms with Gasteiger partial charge in [0.05, 0.1) is 6.04 Å². The molecule has 0 aliphatic carbocycles. The minimum absolute atomic E-state index is 0.162. The van der Waals surface area contributed by atoms with Crippen molar-refractivity contribution >= 4 is 21.4 Å². The van der Waals surface area contributed by atoms with E-state index in [1.54, 1.807) is 17.4 Å². The molecule has 3 rings (SSSR count). The summed E-state index contributed by atoms with van der Waals surface area (Å²) in [4.78, 5) is 1.07. The van der Waals surface area contributed by atoms with E-state index in [-0.39, 0.29) is 11.9 Å². The molecular weight excluding hydrogens is 281 g/mol. The average Bonchev–Trinajstić information content (AvgIpc) is 2.85. The Labute approximate surface area is 128 Å². The summed E-state index contributed by atoms with van der Waals surface area (Å²) in [5.41, 5.74) is 11.3. The van der Waals surface area contributed by atoms with E-state index in [0.717, 1.165) is 20.5 Å². The number of nitrogens with two attached hydrogens (primary N) is 1. The number of thiophene rings is 1. The molecule has 0 saturated heterocycles. The fourth-order valence-electron chi connectivity index (χ4n) is 2.66. The fraction of sp³-hybridized carbons (Fsp3) is 0.222. The van der Waals surface area contributed by atoms with Gasteiger partial charge in [-0.15, -0.1) is 11.3 Å². The monoisotopic (exact) mass is 299 g/mol. The molecule has 0 saturated carbocycles. The number of fused-ring (bicyclic) bond motifs is 1. The second kappa shape index (κ2) is 5.24. The summed E-state index contributed by atoms with van der Waals surface area (Å²) >= 11 is 1.64. The van der Waals surface area contributed by atoms with Crippen LogP contribution in [0.2, 0.25) is 0 Å². The van der Waals surface area contributed by atoms with Crippen LogP contribution in [0.4, 0.5) is 4.39 Å². The maximum Gasteiger partial charge on any atom is 0.123 e. The summed E-state index contributed by atoms with van der Waals surface area (Å²) < 4.78 is 14.4. The van der Waals surface area contributed by atoms with Gasteiger partial charge < -0.3 is 5.73 Å². The molecular formula is C18H18FNS. The minimum Gasteiger partial charge on any atom is -0.320 e. The van der Waals surface area contributed by atoms with Gasteiger partial charge in [0.15, 0.2) is 0 Å². The van der Waals surface area contributed by atoms with Crippen LogP contribution in [0, 0.1) is 26.6 Å². The molecule has 0 spiro atoms. The van der Waals surface area contributed by atoms with Gasteiger partial charge in [-0.1, -0.05) is 12.1 Å². The van der Waals surface area contributed by atoms with Crippen LogP contribution in [-0.2, 0) is 0 Å². The van der Waals surface area contributed by atoms with Crippen LogP contribution in [0.1, 0.15) is 33.2 Å². The molecule has 108 valence electrons. The molecule has 2 aromatic carbocycles. The Balaban J connectivity index is 2.07. The predicted molar refractivity (Wildman–Crippen MR) is 88.5 cm³/mol. The predicted octanol–water partition coefficient (Wildman–Crippen LogP) is 5.01. The molecule has 1 aromatic heterocycles. The number of hydrogen-bond acceptors (Lipinski definition) is 2. The first kappa shape index (κ1) is 14.2. The Hall–Kier alpha value is -1.71. The molecule has 0 fully saturated rings. The minimum atomic E-state index is -0.206. The van der Waals surface area contributed by atoms with Gasteiger partial charge in [-0.2, -0.15) is 0 Å². The van der Waals surface area contributed by atoms with Crippen LogP contribution in [0.25, 0.3) is 10.1 Å². The topological polar surface area (TPSA) is 26.0 Å². The SMILES string of the molecule is Cc1cc(C)c(C(N)c2cc3cc(F)ccc3s2)cc1C. The fourth-order valence-corrected chi connectivity index (χ4v) is 3.72. The van der Waals surface area contributed by atoms with Gasteiger partial charge >= 0.3 is 0 Å². The van der Waals surface area contributed by atoms with Gasteiger partial charge in [0.25, 0.3) is 0 Å². The highest BCUT2D eigenvalue weighted by molar-refractivity contribution is 7.19. The summed E-state index contributed by atoms with van der Waals surface area (Å²) in [6.07, 6.45) is 0. The highest BCUT2D eigenvalue weighted by Gasteiger charge is 2.15. The van der Waals surface area contributed by atoms with Crippen LogP contribution in [0.15, 0.2) is 36.4 Å². The largest absolute Gasteiger partial charge is 0.320 e. The average molecular weight is 299 g/mol. The van der Waals surface area contributed by atoms with Crippen LogP contribution in [0.3, 0.4) is 0 Å². The van der Waals surface area contributed by atoms with Crippen molar-refractivity contribution in [3.63, 3.8) is 0 Å². The smallest absolute Gasteiger partial charge is 0.123 e. The summed E-state index contributed by atoms with van der Waals surface area (Å²) in [5.74, 6) is -0.206. The molecule has 0 aliphatic rings. The van der Waals surface area contributed by atoms with Crippen molar-refractivity contribution in [1.29, 1.82) is 0 Å². The van der Waals surface area contributed by atoms with Crippen molar-refractivity contribution in [2.75, 3.05) is 0 Å². The molecule has 3 heteroatoms. The zero-order chi connectivity index (χ0) is 15.1. The van der Waals surface area contributed by atoms with Gasteiger partial charge in [-0.05, 0) is 72.7 Å². The van der Waals surface area contributed by atoms with E-state index >= 15 is 0 Å². The Bertz CT molecular complexity index is 819. The second-order valence-electron chi connectivity index (χ2n) is 5.60. The Kier molecular flexibility index (Phi) is 3.56. The molecule has 1 heterocycles. The third-order valence-electron chi connectivity index (χ3n) is 4.02. The first-order valence-electron chi connectivity index (χ1n) is 6.98. The third kappa shape index (κ3) is 2.59. The Morgan fingerprint density at radius 3 is 2.43 bits per heavy atom. The summed E-state index contributed by atoms with van der Waals surface area (Å²) in [6.45, 7) is 6.31. The lowest BCUT2D eigenvalue weighted by Gasteiger charge is -2.15.